The fraction of sp³-hybridized carbons (Fsp3) is 0.450. The average Bonchev–Trinajstić information content (AvgIpc) is 3.11. The maximum absolute atomic E-state index is 12.5. The summed E-state index contributed by atoms with van der Waals surface area (Å²) < 4.78 is 14.8. The summed E-state index contributed by atoms with van der Waals surface area (Å²) in [5.41, 5.74) is 0.829. The monoisotopic (exact) mass is 399 g/mol. The third kappa shape index (κ3) is 3.48. The fourth-order valence-corrected chi connectivity index (χ4v) is 3.60. The van der Waals surface area contributed by atoms with E-state index in [1.54, 1.807) is 4.57 Å². The number of aromatic nitrogens is 4. The summed E-state index contributed by atoms with van der Waals surface area (Å²) >= 11 is 0. The van der Waals surface area contributed by atoms with Gasteiger partial charge in [-0.3, -0.25) is 14.3 Å². The van der Waals surface area contributed by atoms with Gasteiger partial charge in [0, 0.05) is 13.1 Å². The molecule has 0 radical (unpaired) electrons. The van der Waals surface area contributed by atoms with Crippen molar-refractivity contribution in [2.45, 2.75) is 46.3 Å². The number of nitrogens with zero attached hydrogens (tertiary/aromatic N) is 3. The van der Waals surface area contributed by atoms with E-state index in [-0.39, 0.29) is 0 Å². The molecule has 0 spiro atoms. The summed E-state index contributed by atoms with van der Waals surface area (Å²) in [6.07, 6.45) is 1.78. The largest absolute Gasteiger partial charge is 0.486 e. The minimum absolute atomic E-state index is 0.379. The number of nitrogens with one attached hydrogen (secondary N) is 2. The van der Waals surface area contributed by atoms with Gasteiger partial charge >= 0.3 is 5.69 Å². The van der Waals surface area contributed by atoms with Gasteiger partial charge < -0.3 is 19.4 Å². The van der Waals surface area contributed by atoms with Crippen molar-refractivity contribution >= 4 is 16.9 Å². The van der Waals surface area contributed by atoms with E-state index in [0.717, 1.165) is 18.5 Å². The van der Waals surface area contributed by atoms with Crippen LogP contribution in [0.5, 0.6) is 11.5 Å². The summed E-state index contributed by atoms with van der Waals surface area (Å²) in [5, 5.41) is 3.33. The molecule has 0 fully saturated rings. The first-order valence-corrected chi connectivity index (χ1v) is 9.98. The second kappa shape index (κ2) is 8.02. The van der Waals surface area contributed by atoms with E-state index in [1.807, 2.05) is 29.7 Å². The Labute approximate surface area is 167 Å². The number of ether oxygens (including phenoxy) is 2. The normalized spacial score (nSPS) is 13.0. The second-order valence-electron chi connectivity index (χ2n) is 6.89. The molecule has 3 aromatic rings. The molecule has 0 unspecified atom stereocenters. The van der Waals surface area contributed by atoms with Crippen LogP contribution in [0.3, 0.4) is 0 Å². The third-order valence-electron chi connectivity index (χ3n) is 5.02. The first-order valence-electron chi connectivity index (χ1n) is 9.98. The van der Waals surface area contributed by atoms with Crippen molar-refractivity contribution in [2.24, 2.45) is 0 Å². The molecule has 1 aromatic carbocycles. The van der Waals surface area contributed by atoms with E-state index in [1.165, 1.54) is 0 Å². The topological polar surface area (TPSA) is 103 Å². The summed E-state index contributed by atoms with van der Waals surface area (Å²) in [4.78, 5) is 31.9. The van der Waals surface area contributed by atoms with Gasteiger partial charge in [0.05, 0.1) is 12.2 Å². The molecule has 0 amide bonds. The number of H-pyrrole nitrogens is 1. The van der Waals surface area contributed by atoms with Crippen LogP contribution in [0.4, 0.5) is 5.69 Å². The van der Waals surface area contributed by atoms with E-state index >= 15 is 0 Å². The lowest BCUT2D eigenvalue weighted by atomic mass is 10.2. The third-order valence-corrected chi connectivity index (χ3v) is 5.02. The fourth-order valence-electron chi connectivity index (χ4n) is 3.60. The van der Waals surface area contributed by atoms with Crippen molar-refractivity contribution in [2.75, 3.05) is 18.5 Å². The highest BCUT2D eigenvalue weighted by Gasteiger charge is 2.19. The number of rotatable bonds is 7. The lowest BCUT2D eigenvalue weighted by Gasteiger charge is -2.21. The standard InChI is InChI=1S/C20H25N5O4/c1-3-5-9-25-18-16(19(26)23-20(25)27)24(4-2)15(22-18)12-21-13-7-6-8-14-17(13)29-11-10-28-14/h6-8,21H,3-5,9-12H2,1-2H3,(H,23,26,27). The molecular weight excluding hydrogens is 374 g/mol. The van der Waals surface area contributed by atoms with E-state index in [4.69, 9.17) is 9.47 Å². The van der Waals surface area contributed by atoms with Crippen LogP contribution in [-0.2, 0) is 19.6 Å². The van der Waals surface area contributed by atoms with Gasteiger partial charge in [-0.1, -0.05) is 19.4 Å². The smallest absolute Gasteiger partial charge is 0.330 e. The van der Waals surface area contributed by atoms with E-state index < -0.39 is 11.2 Å². The number of unbranched alkanes of at least 4 members (excludes halogenated alkanes) is 1. The highest BCUT2D eigenvalue weighted by molar-refractivity contribution is 5.71. The van der Waals surface area contributed by atoms with Crippen LogP contribution in [0.25, 0.3) is 11.2 Å². The summed E-state index contributed by atoms with van der Waals surface area (Å²) in [6, 6.07) is 5.68. The highest BCUT2D eigenvalue weighted by atomic mass is 16.6. The van der Waals surface area contributed by atoms with Crippen molar-refractivity contribution in [1.29, 1.82) is 0 Å². The number of aryl methyl sites for hydroxylation is 2. The predicted octanol–water partition coefficient (Wildman–Crippen LogP) is 2.09. The molecule has 0 atom stereocenters. The lowest BCUT2D eigenvalue weighted by Crippen LogP contribution is -2.31. The van der Waals surface area contributed by atoms with Crippen LogP contribution in [0, 0.1) is 0 Å². The lowest BCUT2D eigenvalue weighted by molar-refractivity contribution is 0.172. The van der Waals surface area contributed by atoms with Gasteiger partial charge in [-0.2, -0.15) is 0 Å². The molecule has 3 heterocycles. The number of anilines is 1. The number of imidazole rings is 1. The van der Waals surface area contributed by atoms with Gasteiger partial charge in [0.25, 0.3) is 5.56 Å². The molecule has 4 rings (SSSR count). The summed E-state index contributed by atoms with van der Waals surface area (Å²) in [7, 11) is 0. The molecule has 0 bridgehead atoms. The van der Waals surface area contributed by atoms with Gasteiger partial charge in [-0.25, -0.2) is 9.78 Å². The Kier molecular flexibility index (Phi) is 5.28. The summed E-state index contributed by atoms with van der Waals surface area (Å²) in [6.45, 7) is 6.50. The van der Waals surface area contributed by atoms with Gasteiger partial charge in [0.1, 0.15) is 19.0 Å². The minimum Gasteiger partial charge on any atom is -0.486 e. The molecule has 29 heavy (non-hydrogen) atoms. The van der Waals surface area contributed by atoms with Crippen molar-refractivity contribution in [3.05, 3.63) is 44.9 Å². The van der Waals surface area contributed by atoms with Crippen molar-refractivity contribution in [3.8, 4) is 11.5 Å². The van der Waals surface area contributed by atoms with Crippen LogP contribution >= 0.6 is 0 Å². The zero-order valence-corrected chi connectivity index (χ0v) is 16.7. The molecule has 9 heteroatoms. The molecule has 1 aliphatic rings. The minimum atomic E-state index is -0.418. The van der Waals surface area contributed by atoms with Gasteiger partial charge in [0.15, 0.2) is 22.7 Å². The van der Waals surface area contributed by atoms with Crippen LogP contribution in [0.15, 0.2) is 27.8 Å². The molecule has 1 aliphatic heterocycles. The van der Waals surface area contributed by atoms with Crippen molar-refractivity contribution in [1.82, 2.24) is 19.1 Å². The van der Waals surface area contributed by atoms with E-state index in [0.29, 0.717) is 61.3 Å². The highest BCUT2D eigenvalue weighted by Crippen LogP contribution is 2.37. The molecule has 2 N–H and O–H groups in total. The number of hydrogen-bond donors (Lipinski definition) is 2. The molecule has 9 nitrogen and oxygen atoms in total. The first-order chi connectivity index (χ1) is 14.1. The van der Waals surface area contributed by atoms with Gasteiger partial charge in [-0.15, -0.1) is 0 Å². The zero-order valence-electron chi connectivity index (χ0n) is 16.7. The van der Waals surface area contributed by atoms with Crippen LogP contribution in [-0.4, -0.2) is 32.3 Å². The molecular formula is C20H25N5O4. The Morgan fingerprint density at radius 1 is 1.17 bits per heavy atom. The molecule has 154 valence electrons. The summed E-state index contributed by atoms with van der Waals surface area (Å²) in [5.74, 6) is 2.06. The van der Waals surface area contributed by atoms with Crippen molar-refractivity contribution < 1.29 is 9.47 Å². The van der Waals surface area contributed by atoms with Gasteiger partial charge in [0.2, 0.25) is 0 Å². The second-order valence-corrected chi connectivity index (χ2v) is 6.89. The Hall–Kier alpha value is -3.23. The number of hydrogen-bond acceptors (Lipinski definition) is 6. The predicted molar refractivity (Wildman–Crippen MR) is 110 cm³/mol. The molecule has 0 saturated carbocycles. The Balaban J connectivity index is 1.72. The van der Waals surface area contributed by atoms with E-state index in [2.05, 4.69) is 22.2 Å². The van der Waals surface area contributed by atoms with Crippen molar-refractivity contribution in [3.63, 3.8) is 0 Å². The van der Waals surface area contributed by atoms with Gasteiger partial charge in [-0.05, 0) is 25.5 Å². The molecule has 2 aromatic heterocycles. The SMILES string of the molecule is CCCCn1c(=O)[nH]c(=O)c2c1nc(CNc1cccc3c1OCCO3)n2CC. The molecule has 0 saturated heterocycles. The maximum Gasteiger partial charge on any atom is 0.330 e. The number of para-hydroxylation sites is 1. The molecule has 0 aliphatic carbocycles. The Morgan fingerprint density at radius 2 is 2.00 bits per heavy atom. The van der Waals surface area contributed by atoms with E-state index in [9.17, 15) is 9.59 Å². The zero-order chi connectivity index (χ0) is 20.4. The van der Waals surface area contributed by atoms with Crippen LogP contribution in [0.1, 0.15) is 32.5 Å². The number of aromatic amines is 1. The maximum atomic E-state index is 12.5. The number of benzene rings is 1. The Bertz CT molecular complexity index is 1140. The quantitative estimate of drug-likeness (QED) is 0.631. The Morgan fingerprint density at radius 3 is 2.79 bits per heavy atom. The first kappa shape index (κ1) is 19.1. The van der Waals surface area contributed by atoms with Crippen LogP contribution < -0.4 is 26.0 Å². The van der Waals surface area contributed by atoms with Crippen LogP contribution in [0.2, 0.25) is 0 Å². The number of fused-ring (bicyclic) bond motifs is 2. The average molecular weight is 399 g/mol.